The average molecular weight is 758 g/mol. The average Bonchev–Trinajstić information content (AvgIpc) is 3.91. The van der Waals surface area contributed by atoms with Crippen LogP contribution in [0.1, 0.15) is 25.0 Å². The predicted octanol–water partition coefficient (Wildman–Crippen LogP) is 13.2. The Hall–Kier alpha value is -7.70. The van der Waals surface area contributed by atoms with Gasteiger partial charge in [-0.1, -0.05) is 117 Å². The maximum absolute atomic E-state index is 6.52. The van der Waals surface area contributed by atoms with Crippen molar-refractivity contribution in [1.29, 1.82) is 0 Å². The van der Waals surface area contributed by atoms with Crippen molar-refractivity contribution in [1.82, 2.24) is 24.5 Å². The lowest BCUT2D eigenvalue weighted by atomic mass is 9.82. The molecule has 0 radical (unpaired) electrons. The maximum Gasteiger partial charge on any atom is 0.164 e. The third-order valence-corrected chi connectivity index (χ3v) is 12.1. The Kier molecular flexibility index (Phi) is 7.17. The molecule has 0 spiro atoms. The van der Waals surface area contributed by atoms with Gasteiger partial charge < -0.3 is 8.98 Å². The van der Waals surface area contributed by atoms with Crippen molar-refractivity contribution in [2.24, 2.45) is 0 Å². The van der Waals surface area contributed by atoms with E-state index in [1.165, 1.54) is 44.1 Å². The molecule has 1 aliphatic rings. The van der Waals surface area contributed by atoms with Crippen LogP contribution in [0, 0.1) is 0 Å². The topological polar surface area (TPSA) is 69.6 Å². The number of aromatic nitrogens is 5. The number of benzene rings is 7. The summed E-state index contributed by atoms with van der Waals surface area (Å²) in [5, 5.41) is 4.39. The molecule has 0 saturated carbocycles. The molecule has 6 heteroatoms. The molecule has 11 aromatic rings. The highest BCUT2D eigenvalue weighted by Crippen LogP contribution is 2.51. The monoisotopic (exact) mass is 757 g/mol. The Morgan fingerprint density at radius 1 is 0.458 bits per heavy atom. The zero-order valence-electron chi connectivity index (χ0n) is 32.4. The number of hydrogen-bond donors (Lipinski definition) is 0. The summed E-state index contributed by atoms with van der Waals surface area (Å²) in [6, 6.07) is 57.3. The molecule has 278 valence electrons. The van der Waals surface area contributed by atoms with Crippen molar-refractivity contribution >= 4 is 43.7 Å². The molecule has 0 amide bonds. The molecule has 6 nitrogen and oxygen atoms in total. The number of nitrogens with zero attached hydrogens (tertiary/aromatic N) is 5. The van der Waals surface area contributed by atoms with Gasteiger partial charge in [-0.3, -0.25) is 4.98 Å². The summed E-state index contributed by atoms with van der Waals surface area (Å²) in [4.78, 5) is 19.7. The Morgan fingerprint density at radius 3 is 1.83 bits per heavy atom. The number of furan rings is 1. The molecule has 0 aliphatic heterocycles. The third kappa shape index (κ3) is 5.13. The SMILES string of the molecule is CC1(C)c2ccncc2-c2cc3c4cc(-c5ccc6oc7cccc(-c8nc(-c9ccccc9)nc(-c9ccccc9)n8)c7c6c5)ccc4n(-c4ccccc4)c3cc21. The Bertz CT molecular complexity index is 3400. The van der Waals surface area contributed by atoms with Crippen molar-refractivity contribution < 1.29 is 4.42 Å². The van der Waals surface area contributed by atoms with E-state index in [0.29, 0.717) is 17.5 Å². The summed E-state index contributed by atoms with van der Waals surface area (Å²) in [5.74, 6) is 1.84. The molecule has 12 rings (SSSR count). The fourth-order valence-corrected chi connectivity index (χ4v) is 9.26. The van der Waals surface area contributed by atoms with E-state index in [0.717, 1.165) is 55.4 Å². The second-order valence-electron chi connectivity index (χ2n) is 15.9. The third-order valence-electron chi connectivity index (χ3n) is 12.1. The fourth-order valence-electron chi connectivity index (χ4n) is 9.26. The van der Waals surface area contributed by atoms with Gasteiger partial charge in [-0.05, 0) is 88.5 Å². The smallest absolute Gasteiger partial charge is 0.164 e. The van der Waals surface area contributed by atoms with E-state index in [4.69, 9.17) is 19.4 Å². The number of rotatable bonds is 5. The van der Waals surface area contributed by atoms with Crippen molar-refractivity contribution in [3.8, 4) is 62.1 Å². The highest BCUT2D eigenvalue weighted by molar-refractivity contribution is 6.15. The quantitative estimate of drug-likeness (QED) is 0.175. The van der Waals surface area contributed by atoms with Gasteiger partial charge in [0.05, 0.1) is 11.0 Å². The zero-order valence-corrected chi connectivity index (χ0v) is 32.4. The van der Waals surface area contributed by atoms with E-state index in [1.54, 1.807) is 0 Å². The molecular formula is C53H35N5O. The lowest BCUT2D eigenvalue weighted by Gasteiger charge is -2.21. The van der Waals surface area contributed by atoms with Crippen LogP contribution >= 0.6 is 0 Å². The van der Waals surface area contributed by atoms with Crippen LogP contribution in [0.15, 0.2) is 181 Å². The summed E-state index contributed by atoms with van der Waals surface area (Å²) < 4.78 is 8.93. The highest BCUT2D eigenvalue weighted by Gasteiger charge is 2.36. The van der Waals surface area contributed by atoms with Gasteiger partial charge in [0, 0.05) is 67.3 Å². The van der Waals surface area contributed by atoms with E-state index in [1.807, 2.05) is 85.2 Å². The molecule has 59 heavy (non-hydrogen) atoms. The Balaban J connectivity index is 1.06. The molecule has 1 aliphatic carbocycles. The first kappa shape index (κ1) is 33.4. The van der Waals surface area contributed by atoms with Crippen molar-refractivity contribution in [3.63, 3.8) is 0 Å². The first-order chi connectivity index (χ1) is 29.0. The molecule has 0 atom stereocenters. The van der Waals surface area contributed by atoms with Crippen LogP contribution in [0.5, 0.6) is 0 Å². The molecule has 0 bridgehead atoms. The molecule has 0 unspecified atom stereocenters. The second-order valence-corrected chi connectivity index (χ2v) is 15.9. The van der Waals surface area contributed by atoms with Crippen LogP contribution in [0.2, 0.25) is 0 Å². The number of para-hydroxylation sites is 1. The lowest BCUT2D eigenvalue weighted by Crippen LogP contribution is -2.15. The molecule has 4 aromatic heterocycles. The van der Waals surface area contributed by atoms with Crippen molar-refractivity contribution in [2.45, 2.75) is 19.3 Å². The Morgan fingerprint density at radius 2 is 1.10 bits per heavy atom. The lowest BCUT2D eigenvalue weighted by molar-refractivity contribution is 0.660. The van der Waals surface area contributed by atoms with Gasteiger partial charge in [0.15, 0.2) is 17.5 Å². The van der Waals surface area contributed by atoms with Gasteiger partial charge in [-0.25, -0.2) is 15.0 Å². The van der Waals surface area contributed by atoms with Crippen LogP contribution < -0.4 is 0 Å². The van der Waals surface area contributed by atoms with Gasteiger partial charge in [0.25, 0.3) is 0 Å². The van der Waals surface area contributed by atoms with Crippen LogP contribution in [-0.4, -0.2) is 24.5 Å². The first-order valence-electron chi connectivity index (χ1n) is 20.0. The van der Waals surface area contributed by atoms with Gasteiger partial charge >= 0.3 is 0 Å². The van der Waals surface area contributed by atoms with E-state index in [2.05, 4.69) is 114 Å². The second kappa shape index (κ2) is 12.7. The normalized spacial score (nSPS) is 13.1. The molecular weight excluding hydrogens is 723 g/mol. The van der Waals surface area contributed by atoms with Crippen LogP contribution in [-0.2, 0) is 5.41 Å². The largest absolute Gasteiger partial charge is 0.456 e. The summed E-state index contributed by atoms with van der Waals surface area (Å²) >= 11 is 0. The highest BCUT2D eigenvalue weighted by atomic mass is 16.3. The fraction of sp³-hybridized carbons (Fsp3) is 0.0566. The zero-order chi connectivity index (χ0) is 39.2. The predicted molar refractivity (Wildman–Crippen MR) is 239 cm³/mol. The van der Waals surface area contributed by atoms with Gasteiger partial charge in [-0.15, -0.1) is 0 Å². The van der Waals surface area contributed by atoms with E-state index >= 15 is 0 Å². The molecule has 7 aromatic carbocycles. The van der Waals surface area contributed by atoms with E-state index in [9.17, 15) is 0 Å². The standard InChI is InChI=1S/C53H35N5O/c1-53(2)43-25-26-54-31-42(43)38-29-40-39-27-34(21-23-45(39)58(46(40)30-44(38)53)36-17-10-5-11-18-36)35-22-24-47-41(28-35)49-37(19-12-20-48(49)59-47)52-56-50(32-13-6-3-7-14-32)55-51(57-52)33-15-8-4-9-16-33/h3-31H,1-2H3. The van der Waals surface area contributed by atoms with Crippen LogP contribution in [0.4, 0.5) is 0 Å². The van der Waals surface area contributed by atoms with Crippen molar-refractivity contribution in [2.75, 3.05) is 0 Å². The van der Waals surface area contributed by atoms with Gasteiger partial charge in [-0.2, -0.15) is 0 Å². The minimum atomic E-state index is -0.139. The summed E-state index contributed by atoms with van der Waals surface area (Å²) in [7, 11) is 0. The summed E-state index contributed by atoms with van der Waals surface area (Å²) in [6.45, 7) is 4.65. The minimum absolute atomic E-state index is 0.139. The van der Waals surface area contributed by atoms with Crippen LogP contribution in [0.3, 0.4) is 0 Å². The molecule has 4 heterocycles. The molecule has 0 N–H and O–H groups in total. The molecule has 0 fully saturated rings. The summed E-state index contributed by atoms with van der Waals surface area (Å²) in [6.07, 6.45) is 3.94. The van der Waals surface area contributed by atoms with Crippen molar-refractivity contribution in [3.05, 3.63) is 187 Å². The maximum atomic E-state index is 6.52. The number of pyridine rings is 1. The van der Waals surface area contributed by atoms with E-state index < -0.39 is 0 Å². The Labute approximate surface area is 340 Å². The van der Waals surface area contributed by atoms with E-state index in [-0.39, 0.29) is 5.41 Å². The minimum Gasteiger partial charge on any atom is -0.456 e. The number of fused-ring (bicyclic) bond motifs is 9. The first-order valence-corrected chi connectivity index (χ1v) is 20.0. The summed E-state index contributed by atoms with van der Waals surface area (Å²) in [5.41, 5.74) is 15.0. The number of hydrogen-bond acceptors (Lipinski definition) is 5. The molecule has 0 saturated heterocycles. The van der Waals surface area contributed by atoms with Gasteiger partial charge in [0.2, 0.25) is 0 Å². The van der Waals surface area contributed by atoms with Crippen LogP contribution in [0.25, 0.3) is 106 Å². The van der Waals surface area contributed by atoms with Gasteiger partial charge in [0.1, 0.15) is 11.2 Å².